The Morgan fingerprint density at radius 1 is 1.30 bits per heavy atom. The maximum atomic E-state index is 12.3. The van der Waals surface area contributed by atoms with Gasteiger partial charge in [-0.25, -0.2) is 4.98 Å². The van der Waals surface area contributed by atoms with Gasteiger partial charge in [-0.1, -0.05) is 6.42 Å². The van der Waals surface area contributed by atoms with Gasteiger partial charge in [0.05, 0.1) is 6.54 Å². The van der Waals surface area contributed by atoms with E-state index in [2.05, 4.69) is 20.5 Å². The Morgan fingerprint density at radius 3 is 2.74 bits per heavy atom. The van der Waals surface area contributed by atoms with Crippen LogP contribution in [0.2, 0.25) is 0 Å². The SMILES string of the molecule is NCc1nc(-c2ccc(NC(=O)C3CCCC(N)C3)cc2)n[nH]1. The first-order valence-electron chi connectivity index (χ1n) is 7.94. The van der Waals surface area contributed by atoms with Crippen molar-refractivity contribution in [2.24, 2.45) is 17.4 Å². The van der Waals surface area contributed by atoms with Crippen molar-refractivity contribution < 1.29 is 4.79 Å². The number of rotatable bonds is 4. The number of aromatic amines is 1. The van der Waals surface area contributed by atoms with E-state index in [1.165, 1.54) is 0 Å². The van der Waals surface area contributed by atoms with Crippen molar-refractivity contribution >= 4 is 11.6 Å². The predicted molar refractivity (Wildman–Crippen MR) is 88.3 cm³/mol. The lowest BCUT2D eigenvalue weighted by Crippen LogP contribution is -2.34. The van der Waals surface area contributed by atoms with Gasteiger partial charge in [-0.15, -0.1) is 0 Å². The molecule has 1 aliphatic carbocycles. The average molecular weight is 314 g/mol. The summed E-state index contributed by atoms with van der Waals surface area (Å²) in [5.74, 6) is 1.31. The number of carbonyl (C=O) groups is 1. The molecular formula is C16H22N6O. The number of nitrogens with zero attached hydrogens (tertiary/aromatic N) is 2. The molecule has 2 atom stereocenters. The van der Waals surface area contributed by atoms with Crippen LogP contribution < -0.4 is 16.8 Å². The van der Waals surface area contributed by atoms with E-state index < -0.39 is 0 Å². The number of H-pyrrole nitrogens is 1. The molecule has 1 aromatic heterocycles. The zero-order chi connectivity index (χ0) is 16.2. The number of anilines is 1. The maximum Gasteiger partial charge on any atom is 0.227 e. The standard InChI is InChI=1S/C16H22N6O/c17-9-14-20-15(22-21-14)10-4-6-13(7-5-10)19-16(23)11-2-1-3-12(18)8-11/h4-7,11-12H,1-3,8-9,17-18H2,(H,19,23)(H,20,21,22). The minimum Gasteiger partial charge on any atom is -0.328 e. The topological polar surface area (TPSA) is 123 Å². The van der Waals surface area contributed by atoms with Crippen molar-refractivity contribution in [1.82, 2.24) is 15.2 Å². The lowest BCUT2D eigenvalue weighted by molar-refractivity contribution is -0.120. The summed E-state index contributed by atoms with van der Waals surface area (Å²) in [6.45, 7) is 0.324. The minimum atomic E-state index is 0.0125. The molecule has 1 saturated carbocycles. The second kappa shape index (κ2) is 6.89. The second-order valence-electron chi connectivity index (χ2n) is 6.00. The number of amides is 1. The van der Waals surface area contributed by atoms with E-state index >= 15 is 0 Å². The van der Waals surface area contributed by atoms with Gasteiger partial charge in [-0.2, -0.15) is 5.10 Å². The summed E-state index contributed by atoms with van der Waals surface area (Å²) in [5.41, 5.74) is 13.1. The molecule has 1 fully saturated rings. The number of hydrogen-bond donors (Lipinski definition) is 4. The van der Waals surface area contributed by atoms with Crippen molar-refractivity contribution in [3.8, 4) is 11.4 Å². The highest BCUT2D eigenvalue weighted by Gasteiger charge is 2.25. The van der Waals surface area contributed by atoms with Crippen molar-refractivity contribution in [2.45, 2.75) is 38.3 Å². The van der Waals surface area contributed by atoms with Crippen LogP contribution in [0, 0.1) is 5.92 Å². The van der Waals surface area contributed by atoms with Crippen molar-refractivity contribution in [3.63, 3.8) is 0 Å². The molecule has 1 heterocycles. The molecule has 2 unspecified atom stereocenters. The van der Waals surface area contributed by atoms with Gasteiger partial charge in [-0.3, -0.25) is 9.89 Å². The molecule has 1 aliphatic rings. The molecule has 3 rings (SSSR count). The number of aromatic nitrogens is 3. The Morgan fingerprint density at radius 2 is 2.09 bits per heavy atom. The van der Waals surface area contributed by atoms with Crippen molar-refractivity contribution in [3.05, 3.63) is 30.1 Å². The Kier molecular flexibility index (Phi) is 4.68. The summed E-state index contributed by atoms with van der Waals surface area (Å²) in [6, 6.07) is 7.62. The fourth-order valence-corrected chi connectivity index (χ4v) is 2.93. The van der Waals surface area contributed by atoms with E-state index in [-0.39, 0.29) is 17.9 Å². The van der Waals surface area contributed by atoms with E-state index in [4.69, 9.17) is 11.5 Å². The van der Waals surface area contributed by atoms with Gasteiger partial charge >= 0.3 is 0 Å². The fraction of sp³-hybridized carbons (Fsp3) is 0.438. The van der Waals surface area contributed by atoms with Gasteiger partial charge < -0.3 is 16.8 Å². The number of nitrogens with one attached hydrogen (secondary N) is 2. The number of benzene rings is 1. The van der Waals surface area contributed by atoms with Crippen LogP contribution in [0.4, 0.5) is 5.69 Å². The highest BCUT2D eigenvalue weighted by atomic mass is 16.1. The molecule has 2 aromatic rings. The fourth-order valence-electron chi connectivity index (χ4n) is 2.93. The Balaban J connectivity index is 1.64. The second-order valence-corrected chi connectivity index (χ2v) is 6.00. The molecule has 0 aliphatic heterocycles. The van der Waals surface area contributed by atoms with Gasteiger partial charge in [0.15, 0.2) is 5.82 Å². The summed E-state index contributed by atoms with van der Waals surface area (Å²) in [6.07, 6.45) is 3.71. The van der Waals surface area contributed by atoms with Crippen LogP contribution in [-0.4, -0.2) is 27.1 Å². The zero-order valence-corrected chi connectivity index (χ0v) is 13.0. The van der Waals surface area contributed by atoms with E-state index in [9.17, 15) is 4.79 Å². The minimum absolute atomic E-state index is 0.0125. The third-order valence-corrected chi connectivity index (χ3v) is 4.22. The normalized spacial score (nSPS) is 21.1. The molecule has 1 aromatic carbocycles. The molecule has 122 valence electrons. The maximum absolute atomic E-state index is 12.3. The molecule has 1 amide bonds. The van der Waals surface area contributed by atoms with Crippen LogP contribution in [-0.2, 0) is 11.3 Å². The molecule has 7 nitrogen and oxygen atoms in total. The van der Waals surface area contributed by atoms with E-state index in [0.29, 0.717) is 18.2 Å². The zero-order valence-electron chi connectivity index (χ0n) is 13.0. The van der Waals surface area contributed by atoms with Crippen molar-refractivity contribution in [1.29, 1.82) is 0 Å². The van der Waals surface area contributed by atoms with E-state index in [1.807, 2.05) is 24.3 Å². The predicted octanol–water partition coefficient (Wildman–Crippen LogP) is 1.39. The number of nitrogens with two attached hydrogens (primary N) is 2. The molecule has 0 bridgehead atoms. The molecular weight excluding hydrogens is 292 g/mol. The first-order valence-corrected chi connectivity index (χ1v) is 7.94. The molecule has 0 spiro atoms. The molecule has 0 radical (unpaired) electrons. The quantitative estimate of drug-likeness (QED) is 0.679. The van der Waals surface area contributed by atoms with Gasteiger partial charge in [0, 0.05) is 23.2 Å². The summed E-state index contributed by atoms with van der Waals surface area (Å²) in [7, 11) is 0. The van der Waals surface area contributed by atoms with Gasteiger partial charge in [-0.05, 0) is 43.5 Å². The highest BCUT2D eigenvalue weighted by molar-refractivity contribution is 5.92. The monoisotopic (exact) mass is 314 g/mol. The van der Waals surface area contributed by atoms with Gasteiger partial charge in [0.25, 0.3) is 0 Å². The third kappa shape index (κ3) is 3.75. The first-order chi connectivity index (χ1) is 11.2. The van der Waals surface area contributed by atoms with Gasteiger partial charge in [0.1, 0.15) is 5.82 Å². The summed E-state index contributed by atoms with van der Waals surface area (Å²) >= 11 is 0. The lowest BCUT2D eigenvalue weighted by Gasteiger charge is -2.25. The summed E-state index contributed by atoms with van der Waals surface area (Å²) < 4.78 is 0. The first kappa shape index (κ1) is 15.6. The Bertz CT molecular complexity index is 665. The largest absolute Gasteiger partial charge is 0.328 e. The summed E-state index contributed by atoms with van der Waals surface area (Å²) in [4.78, 5) is 16.6. The lowest BCUT2D eigenvalue weighted by atomic mass is 9.85. The number of hydrogen-bond acceptors (Lipinski definition) is 5. The van der Waals surface area contributed by atoms with E-state index in [0.717, 1.165) is 36.9 Å². The van der Waals surface area contributed by atoms with E-state index in [1.54, 1.807) is 0 Å². The van der Waals surface area contributed by atoms with Crippen LogP contribution in [0.5, 0.6) is 0 Å². The average Bonchev–Trinajstić information content (AvgIpc) is 3.04. The van der Waals surface area contributed by atoms with Crippen LogP contribution in [0.1, 0.15) is 31.5 Å². The number of carbonyl (C=O) groups excluding carboxylic acids is 1. The van der Waals surface area contributed by atoms with Crippen LogP contribution in [0.25, 0.3) is 11.4 Å². The van der Waals surface area contributed by atoms with Crippen LogP contribution in [0.15, 0.2) is 24.3 Å². The molecule has 23 heavy (non-hydrogen) atoms. The molecule has 6 N–H and O–H groups in total. The van der Waals surface area contributed by atoms with Crippen LogP contribution >= 0.6 is 0 Å². The Hall–Kier alpha value is -2.25. The Labute approximate surface area is 134 Å². The molecule has 0 saturated heterocycles. The molecule has 7 heteroatoms. The third-order valence-electron chi connectivity index (χ3n) is 4.22. The smallest absolute Gasteiger partial charge is 0.227 e. The van der Waals surface area contributed by atoms with Gasteiger partial charge in [0.2, 0.25) is 5.91 Å². The summed E-state index contributed by atoms with van der Waals surface area (Å²) in [5, 5.41) is 9.86. The van der Waals surface area contributed by atoms with Crippen LogP contribution in [0.3, 0.4) is 0 Å². The highest BCUT2D eigenvalue weighted by Crippen LogP contribution is 2.25. The van der Waals surface area contributed by atoms with Crippen molar-refractivity contribution in [2.75, 3.05) is 5.32 Å².